The Balaban J connectivity index is 1.80. The number of aryl methyl sites for hydroxylation is 2. The number of amides is 1. The van der Waals surface area contributed by atoms with Crippen LogP contribution in [0, 0.1) is 13.8 Å². The van der Waals surface area contributed by atoms with Crippen LogP contribution in [0.25, 0.3) is 0 Å². The predicted octanol–water partition coefficient (Wildman–Crippen LogP) is 2.67. The minimum absolute atomic E-state index is 0.0193. The molecule has 2 aromatic heterocycles. The summed E-state index contributed by atoms with van der Waals surface area (Å²) in [5.74, 6) is -0.464. The van der Waals surface area contributed by atoms with Crippen molar-refractivity contribution < 1.29 is 13.6 Å². The number of nitrogens with one attached hydrogen (secondary N) is 1. The highest BCUT2D eigenvalue weighted by atomic mass is 79.9. The molecule has 0 spiro atoms. The Labute approximate surface area is 134 Å². The van der Waals surface area contributed by atoms with E-state index in [4.69, 9.17) is 0 Å². The van der Waals surface area contributed by atoms with Crippen molar-refractivity contribution in [1.29, 1.82) is 0 Å². The third-order valence-corrected chi connectivity index (χ3v) is 4.31. The van der Waals surface area contributed by atoms with Crippen LogP contribution in [-0.4, -0.2) is 32.0 Å². The molecule has 22 heavy (non-hydrogen) atoms. The number of carbonyl (C=O) groups is 1. The Bertz CT molecular complexity index is 667. The Hall–Kier alpha value is -1.77. The molecule has 120 valence electrons. The average molecular weight is 376 g/mol. The van der Waals surface area contributed by atoms with E-state index in [-0.39, 0.29) is 5.69 Å². The van der Waals surface area contributed by atoms with E-state index in [1.807, 2.05) is 18.5 Å². The SMILES string of the molecule is Cc1nn(CCCNC(=O)c2ccn(C(F)F)n2)c(C)c1Br. The van der Waals surface area contributed by atoms with Gasteiger partial charge >= 0.3 is 6.55 Å². The number of aromatic nitrogens is 4. The Morgan fingerprint density at radius 3 is 2.68 bits per heavy atom. The molecule has 0 aliphatic rings. The molecule has 0 fully saturated rings. The van der Waals surface area contributed by atoms with Crippen molar-refractivity contribution in [2.75, 3.05) is 6.54 Å². The highest BCUT2D eigenvalue weighted by Crippen LogP contribution is 2.19. The van der Waals surface area contributed by atoms with E-state index >= 15 is 0 Å². The number of nitrogens with zero attached hydrogens (tertiary/aromatic N) is 4. The molecule has 1 amide bonds. The first-order valence-corrected chi connectivity index (χ1v) is 7.50. The summed E-state index contributed by atoms with van der Waals surface area (Å²) in [6.07, 6.45) is 1.75. The molecule has 0 aliphatic heterocycles. The van der Waals surface area contributed by atoms with Crippen molar-refractivity contribution in [3.05, 3.63) is 33.8 Å². The molecular formula is C13H16BrF2N5O. The van der Waals surface area contributed by atoms with Gasteiger partial charge in [-0.25, -0.2) is 4.68 Å². The van der Waals surface area contributed by atoms with Gasteiger partial charge < -0.3 is 5.32 Å². The van der Waals surface area contributed by atoms with Crippen LogP contribution in [0.3, 0.4) is 0 Å². The van der Waals surface area contributed by atoms with Crippen LogP contribution in [-0.2, 0) is 6.54 Å². The highest BCUT2D eigenvalue weighted by Gasteiger charge is 2.13. The third-order valence-electron chi connectivity index (χ3n) is 3.17. The maximum atomic E-state index is 12.4. The average Bonchev–Trinajstić information content (AvgIpc) is 3.06. The van der Waals surface area contributed by atoms with E-state index in [2.05, 4.69) is 31.4 Å². The Morgan fingerprint density at radius 2 is 2.14 bits per heavy atom. The molecule has 2 heterocycles. The monoisotopic (exact) mass is 375 g/mol. The number of carbonyl (C=O) groups excluding carboxylic acids is 1. The fourth-order valence-electron chi connectivity index (χ4n) is 1.98. The maximum Gasteiger partial charge on any atom is 0.333 e. The quantitative estimate of drug-likeness (QED) is 0.789. The van der Waals surface area contributed by atoms with Gasteiger partial charge in [0.2, 0.25) is 0 Å². The van der Waals surface area contributed by atoms with Gasteiger partial charge in [-0.05, 0) is 42.3 Å². The van der Waals surface area contributed by atoms with Crippen molar-refractivity contribution in [3.8, 4) is 0 Å². The van der Waals surface area contributed by atoms with Gasteiger partial charge in [-0.15, -0.1) is 0 Å². The summed E-state index contributed by atoms with van der Waals surface area (Å²) in [6.45, 7) is 2.19. The van der Waals surface area contributed by atoms with Crippen LogP contribution < -0.4 is 5.32 Å². The van der Waals surface area contributed by atoms with E-state index < -0.39 is 12.5 Å². The van der Waals surface area contributed by atoms with E-state index in [9.17, 15) is 13.6 Å². The minimum Gasteiger partial charge on any atom is -0.351 e. The molecule has 6 nitrogen and oxygen atoms in total. The van der Waals surface area contributed by atoms with E-state index in [0.29, 0.717) is 24.2 Å². The first-order valence-electron chi connectivity index (χ1n) is 6.71. The zero-order chi connectivity index (χ0) is 16.3. The van der Waals surface area contributed by atoms with Crippen LogP contribution in [0.2, 0.25) is 0 Å². The lowest BCUT2D eigenvalue weighted by Crippen LogP contribution is -2.26. The molecule has 0 aliphatic carbocycles. The summed E-state index contributed by atoms with van der Waals surface area (Å²) in [4.78, 5) is 11.8. The maximum absolute atomic E-state index is 12.4. The second kappa shape index (κ2) is 6.99. The molecule has 2 rings (SSSR count). The smallest absolute Gasteiger partial charge is 0.333 e. The first kappa shape index (κ1) is 16.6. The van der Waals surface area contributed by atoms with Gasteiger partial charge in [0.15, 0.2) is 0 Å². The van der Waals surface area contributed by atoms with Gasteiger partial charge in [0.05, 0.1) is 10.2 Å². The summed E-state index contributed by atoms with van der Waals surface area (Å²) < 4.78 is 28.0. The number of halogens is 3. The molecule has 0 aromatic carbocycles. The molecule has 0 saturated heterocycles. The van der Waals surface area contributed by atoms with Crippen LogP contribution in [0.15, 0.2) is 16.7 Å². The lowest BCUT2D eigenvalue weighted by molar-refractivity contribution is 0.0560. The van der Waals surface area contributed by atoms with Gasteiger partial charge in [0.25, 0.3) is 5.91 Å². The molecule has 0 atom stereocenters. The van der Waals surface area contributed by atoms with Gasteiger partial charge in [0, 0.05) is 25.0 Å². The van der Waals surface area contributed by atoms with Gasteiger partial charge in [-0.3, -0.25) is 9.48 Å². The number of hydrogen-bond acceptors (Lipinski definition) is 3. The summed E-state index contributed by atoms with van der Waals surface area (Å²) >= 11 is 3.45. The lowest BCUT2D eigenvalue weighted by Gasteiger charge is -2.05. The zero-order valence-electron chi connectivity index (χ0n) is 12.2. The lowest BCUT2D eigenvalue weighted by atomic mass is 10.3. The predicted molar refractivity (Wildman–Crippen MR) is 79.8 cm³/mol. The normalized spacial score (nSPS) is 11.2. The number of rotatable bonds is 6. The molecular weight excluding hydrogens is 360 g/mol. The van der Waals surface area contributed by atoms with Crippen molar-refractivity contribution in [2.45, 2.75) is 33.4 Å². The number of hydrogen-bond donors (Lipinski definition) is 1. The first-order chi connectivity index (χ1) is 10.4. The molecule has 9 heteroatoms. The Morgan fingerprint density at radius 1 is 1.41 bits per heavy atom. The molecule has 0 radical (unpaired) electrons. The van der Waals surface area contributed by atoms with Crippen molar-refractivity contribution >= 4 is 21.8 Å². The van der Waals surface area contributed by atoms with Gasteiger partial charge in [-0.2, -0.15) is 19.0 Å². The summed E-state index contributed by atoms with van der Waals surface area (Å²) in [5.41, 5.74) is 1.92. The van der Waals surface area contributed by atoms with E-state index in [1.54, 1.807) is 0 Å². The fourth-order valence-corrected chi connectivity index (χ4v) is 2.27. The second-order valence-electron chi connectivity index (χ2n) is 4.78. The summed E-state index contributed by atoms with van der Waals surface area (Å²) in [5, 5.41) is 10.5. The van der Waals surface area contributed by atoms with E-state index in [0.717, 1.165) is 22.1 Å². The van der Waals surface area contributed by atoms with Crippen LogP contribution in [0.1, 0.15) is 34.8 Å². The molecule has 1 N–H and O–H groups in total. The largest absolute Gasteiger partial charge is 0.351 e. The summed E-state index contributed by atoms with van der Waals surface area (Å²) in [7, 11) is 0. The van der Waals surface area contributed by atoms with Crippen LogP contribution in [0.5, 0.6) is 0 Å². The van der Waals surface area contributed by atoms with E-state index in [1.165, 1.54) is 6.07 Å². The van der Waals surface area contributed by atoms with Crippen LogP contribution >= 0.6 is 15.9 Å². The number of alkyl halides is 2. The molecule has 0 unspecified atom stereocenters. The third kappa shape index (κ3) is 3.70. The summed E-state index contributed by atoms with van der Waals surface area (Å²) in [6, 6.07) is 1.26. The molecule has 0 bridgehead atoms. The van der Waals surface area contributed by atoms with Crippen LogP contribution in [0.4, 0.5) is 8.78 Å². The topological polar surface area (TPSA) is 64.7 Å². The zero-order valence-corrected chi connectivity index (χ0v) is 13.8. The van der Waals surface area contributed by atoms with Crippen molar-refractivity contribution in [1.82, 2.24) is 24.9 Å². The highest BCUT2D eigenvalue weighted by molar-refractivity contribution is 9.10. The molecule has 0 saturated carbocycles. The van der Waals surface area contributed by atoms with Crippen molar-refractivity contribution in [3.63, 3.8) is 0 Å². The minimum atomic E-state index is -2.74. The van der Waals surface area contributed by atoms with Gasteiger partial charge in [-0.1, -0.05) is 0 Å². The Kier molecular flexibility index (Phi) is 5.28. The second-order valence-corrected chi connectivity index (χ2v) is 5.57. The fraction of sp³-hybridized carbons (Fsp3) is 0.462. The molecule has 2 aromatic rings. The standard InChI is InChI=1S/C13H16BrF2N5O/c1-8-11(14)9(2)20(18-8)6-3-5-17-12(22)10-4-7-21(19-10)13(15)16/h4,7,13H,3,5-6H2,1-2H3,(H,17,22). The van der Waals surface area contributed by atoms with Gasteiger partial charge in [0.1, 0.15) is 5.69 Å². The van der Waals surface area contributed by atoms with Crippen molar-refractivity contribution in [2.24, 2.45) is 0 Å².